The van der Waals surface area contributed by atoms with Gasteiger partial charge in [-0.3, -0.25) is 9.48 Å². The summed E-state index contributed by atoms with van der Waals surface area (Å²) in [5, 5.41) is 25.0. The fraction of sp³-hybridized carbons (Fsp3) is 0.633. The number of aliphatic hydroxyl groups is 1. The molecule has 2 aromatic rings. The van der Waals surface area contributed by atoms with Gasteiger partial charge in [-0.1, -0.05) is 12.5 Å². The van der Waals surface area contributed by atoms with Crippen LogP contribution in [0.15, 0.2) is 23.1 Å². The number of amides is 1. The van der Waals surface area contributed by atoms with Crippen molar-refractivity contribution in [3.05, 3.63) is 35.0 Å². The van der Waals surface area contributed by atoms with Gasteiger partial charge in [0.1, 0.15) is 6.17 Å². The number of carbonyl (C=O) groups is 2. The van der Waals surface area contributed by atoms with Crippen LogP contribution in [-0.4, -0.2) is 110 Å². The fourth-order valence-corrected chi connectivity index (χ4v) is 7.43. The number of benzene rings is 1. The Hall–Kier alpha value is -2.68. The van der Waals surface area contributed by atoms with Gasteiger partial charge in [0.2, 0.25) is 0 Å². The Balaban J connectivity index is 1.42. The zero-order valence-corrected chi connectivity index (χ0v) is 25.4. The largest absolute Gasteiger partial charge is 0.474 e. The predicted octanol–water partition coefficient (Wildman–Crippen LogP) is 3.91. The van der Waals surface area contributed by atoms with E-state index in [2.05, 4.69) is 9.80 Å². The summed E-state index contributed by atoms with van der Waals surface area (Å²) in [4.78, 5) is 29.3. The van der Waals surface area contributed by atoms with E-state index in [9.17, 15) is 37.4 Å². The number of thioether (sulfide) groups is 1. The molecule has 3 aliphatic heterocycles. The predicted molar refractivity (Wildman–Crippen MR) is 157 cm³/mol. The van der Waals surface area contributed by atoms with Gasteiger partial charge in [-0.15, -0.1) is 11.8 Å². The number of carboxylic acid groups (broad SMARTS) is 1. The van der Waals surface area contributed by atoms with E-state index in [-0.39, 0.29) is 24.5 Å². The van der Waals surface area contributed by atoms with Crippen molar-refractivity contribution in [1.82, 2.24) is 24.5 Å². The molecule has 0 spiro atoms. The SMILES string of the molecule is O=C(O)C(=O)N1CCc2c(c(-c3ccc(C(F)(F)F)c(SCCN4CCC(F)CC4)c3)nn2C[C@@H](O)CN2CCCCC2)C1. The van der Waals surface area contributed by atoms with E-state index >= 15 is 0 Å². The average Bonchev–Trinajstić information content (AvgIpc) is 3.34. The molecule has 44 heavy (non-hydrogen) atoms. The van der Waals surface area contributed by atoms with Crippen LogP contribution in [0.2, 0.25) is 0 Å². The maximum Gasteiger partial charge on any atom is 0.417 e. The molecule has 3 aliphatic rings. The molecule has 242 valence electrons. The van der Waals surface area contributed by atoms with Gasteiger partial charge in [-0.25, -0.2) is 9.18 Å². The summed E-state index contributed by atoms with van der Waals surface area (Å²) >= 11 is 1.08. The van der Waals surface area contributed by atoms with Gasteiger partial charge in [-0.05, 0) is 50.9 Å². The van der Waals surface area contributed by atoms with Crippen LogP contribution >= 0.6 is 11.8 Å². The minimum Gasteiger partial charge on any atom is -0.474 e. The molecule has 0 saturated carbocycles. The van der Waals surface area contributed by atoms with Gasteiger partial charge in [0.15, 0.2) is 0 Å². The first-order valence-electron chi connectivity index (χ1n) is 15.2. The highest BCUT2D eigenvalue weighted by Gasteiger charge is 2.35. The normalized spacial score (nSPS) is 19.6. The Morgan fingerprint density at radius 1 is 1.02 bits per heavy atom. The van der Waals surface area contributed by atoms with Crippen LogP contribution in [0.4, 0.5) is 17.6 Å². The van der Waals surface area contributed by atoms with E-state index in [0.717, 1.165) is 49.5 Å². The highest BCUT2D eigenvalue weighted by atomic mass is 32.2. The van der Waals surface area contributed by atoms with Gasteiger partial charge in [0, 0.05) is 66.6 Å². The second-order valence-corrected chi connectivity index (χ2v) is 13.0. The maximum absolute atomic E-state index is 14.0. The number of β-amino-alcohol motifs (C(OH)–C–C–N with tert-alkyl or cyclic N) is 1. The zero-order chi connectivity index (χ0) is 31.4. The molecule has 1 atom stereocenters. The van der Waals surface area contributed by atoms with E-state index in [1.165, 1.54) is 23.5 Å². The number of hydrogen-bond acceptors (Lipinski definition) is 7. The van der Waals surface area contributed by atoms with Crippen molar-refractivity contribution >= 4 is 23.6 Å². The van der Waals surface area contributed by atoms with E-state index in [0.29, 0.717) is 68.0 Å². The zero-order valence-electron chi connectivity index (χ0n) is 24.6. The van der Waals surface area contributed by atoms with Crippen LogP contribution in [0.5, 0.6) is 0 Å². The van der Waals surface area contributed by atoms with Crippen molar-refractivity contribution < 1.29 is 37.4 Å². The lowest BCUT2D eigenvalue weighted by Gasteiger charge is -2.29. The minimum atomic E-state index is -4.57. The van der Waals surface area contributed by atoms with Crippen molar-refractivity contribution in [2.45, 2.75) is 75.0 Å². The number of aliphatic hydroxyl groups excluding tert-OH is 1. The van der Waals surface area contributed by atoms with Crippen LogP contribution in [0.3, 0.4) is 0 Å². The van der Waals surface area contributed by atoms with Gasteiger partial charge in [-0.2, -0.15) is 18.3 Å². The van der Waals surface area contributed by atoms with Crippen molar-refractivity contribution in [3.8, 4) is 11.3 Å². The summed E-state index contributed by atoms with van der Waals surface area (Å²) < 4.78 is 57.2. The summed E-state index contributed by atoms with van der Waals surface area (Å²) in [6.45, 7) is 4.24. The second-order valence-electron chi connectivity index (χ2n) is 11.8. The molecular weight excluding hydrogens is 602 g/mol. The van der Waals surface area contributed by atoms with Gasteiger partial charge < -0.3 is 24.9 Å². The highest BCUT2D eigenvalue weighted by Crippen LogP contribution is 2.40. The van der Waals surface area contributed by atoms with E-state index < -0.39 is 35.9 Å². The van der Waals surface area contributed by atoms with E-state index in [1.807, 2.05) is 0 Å². The van der Waals surface area contributed by atoms with Crippen molar-refractivity contribution in [3.63, 3.8) is 0 Å². The molecule has 4 heterocycles. The number of aliphatic carboxylic acids is 1. The number of alkyl halides is 4. The van der Waals surface area contributed by atoms with Crippen molar-refractivity contribution in [2.75, 3.05) is 51.6 Å². The number of piperidine rings is 2. The number of likely N-dealkylation sites (tertiary alicyclic amines) is 2. The monoisotopic (exact) mass is 641 g/mol. The summed E-state index contributed by atoms with van der Waals surface area (Å²) in [6, 6.07) is 3.84. The number of hydrogen-bond donors (Lipinski definition) is 2. The third-order valence-corrected chi connectivity index (χ3v) is 9.68. The lowest BCUT2D eigenvalue weighted by atomic mass is 9.99. The molecule has 2 fully saturated rings. The Labute approximate surface area is 258 Å². The second kappa shape index (κ2) is 14.2. The first-order valence-corrected chi connectivity index (χ1v) is 16.2. The number of aromatic nitrogens is 2. The molecule has 2 saturated heterocycles. The molecule has 14 heteroatoms. The molecule has 0 radical (unpaired) electrons. The molecule has 9 nitrogen and oxygen atoms in total. The molecule has 5 rings (SSSR count). The molecule has 2 N–H and O–H groups in total. The molecule has 0 aliphatic carbocycles. The lowest BCUT2D eigenvalue weighted by molar-refractivity contribution is -0.156. The maximum atomic E-state index is 14.0. The first-order chi connectivity index (χ1) is 21.0. The quantitative estimate of drug-likeness (QED) is 0.242. The number of carbonyl (C=O) groups excluding carboxylic acids is 1. The van der Waals surface area contributed by atoms with E-state index in [1.54, 1.807) is 4.68 Å². The van der Waals surface area contributed by atoms with Gasteiger partial charge in [0.05, 0.1) is 30.5 Å². The van der Waals surface area contributed by atoms with Crippen LogP contribution in [0.25, 0.3) is 11.3 Å². The summed E-state index contributed by atoms with van der Waals surface area (Å²) in [6.07, 6.45) is -1.66. The van der Waals surface area contributed by atoms with Gasteiger partial charge in [0.25, 0.3) is 0 Å². The Kier molecular flexibility index (Phi) is 10.5. The number of carboxylic acids is 1. The van der Waals surface area contributed by atoms with Crippen LogP contribution in [0, 0.1) is 0 Å². The number of nitrogens with zero attached hydrogens (tertiary/aromatic N) is 5. The minimum absolute atomic E-state index is 0.0399. The third-order valence-electron chi connectivity index (χ3n) is 8.65. The molecule has 1 aromatic carbocycles. The number of halogens is 4. The standard InChI is InChI=1S/C30H39F4N5O4S/c31-21-6-11-36(12-7-21)14-15-44-26-16-20(4-5-24(26)30(32,33)34)27-23-19-38(28(41)29(42)43)13-8-25(23)39(35-27)18-22(40)17-37-9-2-1-3-10-37/h4-5,16,21-22,40H,1-3,6-15,17-19H2,(H,42,43)/t22-/m0/s1. The summed E-state index contributed by atoms with van der Waals surface area (Å²) in [7, 11) is 0. The Morgan fingerprint density at radius 3 is 2.43 bits per heavy atom. The Bertz CT molecular complexity index is 1330. The van der Waals surface area contributed by atoms with Gasteiger partial charge >= 0.3 is 18.1 Å². The smallest absolute Gasteiger partial charge is 0.417 e. The van der Waals surface area contributed by atoms with E-state index in [4.69, 9.17) is 5.10 Å². The molecule has 0 bridgehead atoms. The number of fused-ring (bicyclic) bond motifs is 1. The van der Waals surface area contributed by atoms with Crippen molar-refractivity contribution in [1.29, 1.82) is 0 Å². The Morgan fingerprint density at radius 2 is 1.75 bits per heavy atom. The van der Waals surface area contributed by atoms with Crippen LogP contribution in [-0.2, 0) is 35.3 Å². The summed E-state index contributed by atoms with van der Waals surface area (Å²) in [5.41, 5.74) is 1.33. The first kappa shape index (κ1) is 32.7. The van der Waals surface area contributed by atoms with Crippen LogP contribution < -0.4 is 0 Å². The van der Waals surface area contributed by atoms with Crippen molar-refractivity contribution in [2.24, 2.45) is 0 Å². The number of rotatable bonds is 9. The topological polar surface area (TPSA) is 102 Å². The highest BCUT2D eigenvalue weighted by molar-refractivity contribution is 7.99. The molecular formula is C30H39F4N5O4S. The van der Waals surface area contributed by atoms with Crippen LogP contribution in [0.1, 0.15) is 48.9 Å². The molecule has 0 unspecified atom stereocenters. The lowest BCUT2D eigenvalue weighted by Crippen LogP contribution is -2.41. The third kappa shape index (κ3) is 7.93. The average molecular weight is 642 g/mol. The molecule has 1 amide bonds. The summed E-state index contributed by atoms with van der Waals surface area (Å²) in [5.74, 6) is -2.25. The fourth-order valence-electron chi connectivity index (χ4n) is 6.31. The molecule has 1 aromatic heterocycles.